The van der Waals surface area contributed by atoms with Gasteiger partial charge >= 0.3 is 12.0 Å². The lowest BCUT2D eigenvalue weighted by atomic mass is 10.2. The van der Waals surface area contributed by atoms with Gasteiger partial charge in [0, 0.05) is 26.2 Å². The van der Waals surface area contributed by atoms with Crippen LogP contribution in [0, 0.1) is 0 Å². The van der Waals surface area contributed by atoms with E-state index in [1.807, 2.05) is 0 Å². The maximum atomic E-state index is 12.1. The Morgan fingerprint density at radius 3 is 1.90 bits per heavy atom. The van der Waals surface area contributed by atoms with Gasteiger partial charge in [0.15, 0.2) is 6.04 Å². The van der Waals surface area contributed by atoms with Crippen molar-refractivity contribution in [2.45, 2.75) is 32.4 Å². The number of urea groups is 1. The number of ether oxygens (including phenoxy) is 1. The van der Waals surface area contributed by atoms with E-state index in [4.69, 9.17) is 16.2 Å². The van der Waals surface area contributed by atoms with Gasteiger partial charge in [0.2, 0.25) is 0 Å². The number of piperazine rings is 1. The van der Waals surface area contributed by atoms with Crippen molar-refractivity contribution in [1.82, 2.24) is 9.80 Å². The van der Waals surface area contributed by atoms with Crippen molar-refractivity contribution in [3.05, 3.63) is 0 Å². The summed E-state index contributed by atoms with van der Waals surface area (Å²) in [6.07, 6.45) is 0. The molecule has 0 spiro atoms. The third-order valence-electron chi connectivity index (χ3n) is 2.83. The Morgan fingerprint density at radius 2 is 1.50 bits per heavy atom. The smallest absolute Gasteiger partial charge is 0.333 e. The lowest BCUT2D eigenvalue weighted by Crippen LogP contribution is -2.57. The number of esters is 1. The van der Waals surface area contributed by atoms with Crippen molar-refractivity contribution in [1.29, 1.82) is 0 Å². The summed E-state index contributed by atoms with van der Waals surface area (Å²) in [5.74, 6) is -1.25. The molecular formula is C12H22N4O4. The number of nitrogens with two attached hydrogens (primary N) is 2. The Balaban J connectivity index is 2.54. The fraction of sp³-hybridized carbons (Fsp3) is 0.750. The van der Waals surface area contributed by atoms with Crippen LogP contribution in [0.5, 0.6) is 0 Å². The van der Waals surface area contributed by atoms with Crippen molar-refractivity contribution in [2.75, 3.05) is 26.2 Å². The zero-order valence-electron chi connectivity index (χ0n) is 12.1. The lowest BCUT2D eigenvalue weighted by molar-refractivity contribution is -0.160. The van der Waals surface area contributed by atoms with E-state index in [1.54, 1.807) is 20.8 Å². The molecule has 114 valence electrons. The summed E-state index contributed by atoms with van der Waals surface area (Å²) in [6.45, 7) is 6.38. The molecule has 1 rings (SSSR count). The monoisotopic (exact) mass is 286 g/mol. The number of rotatable bonds is 2. The second-order valence-electron chi connectivity index (χ2n) is 5.66. The summed E-state index contributed by atoms with van der Waals surface area (Å²) >= 11 is 0. The number of carbonyl (C=O) groups is 3. The molecule has 1 aliphatic heterocycles. The molecule has 1 heterocycles. The molecule has 0 bridgehead atoms. The minimum absolute atomic E-state index is 0.304. The molecule has 0 aromatic rings. The van der Waals surface area contributed by atoms with Crippen LogP contribution in [0.25, 0.3) is 0 Å². The molecule has 0 radical (unpaired) electrons. The molecule has 0 aromatic carbocycles. The van der Waals surface area contributed by atoms with Crippen LogP contribution in [-0.4, -0.2) is 65.5 Å². The van der Waals surface area contributed by atoms with Crippen LogP contribution in [0.1, 0.15) is 20.8 Å². The molecule has 1 saturated heterocycles. The van der Waals surface area contributed by atoms with Crippen LogP contribution >= 0.6 is 0 Å². The second kappa shape index (κ2) is 6.08. The van der Waals surface area contributed by atoms with E-state index >= 15 is 0 Å². The summed E-state index contributed by atoms with van der Waals surface area (Å²) < 4.78 is 5.07. The highest BCUT2D eigenvalue weighted by Gasteiger charge is 2.33. The van der Waals surface area contributed by atoms with Crippen LogP contribution in [0.2, 0.25) is 0 Å². The zero-order valence-corrected chi connectivity index (χ0v) is 12.1. The summed E-state index contributed by atoms with van der Waals surface area (Å²) in [5, 5.41) is 0. The average Bonchev–Trinajstić information content (AvgIpc) is 2.35. The highest BCUT2D eigenvalue weighted by Crippen LogP contribution is 2.10. The number of primary amides is 1. The molecule has 1 atom stereocenters. The number of carbonyl (C=O) groups excluding carboxylic acids is 3. The van der Waals surface area contributed by atoms with Crippen molar-refractivity contribution in [3.63, 3.8) is 0 Å². The molecule has 8 nitrogen and oxygen atoms in total. The first-order chi connectivity index (χ1) is 9.11. The first-order valence-electron chi connectivity index (χ1n) is 6.43. The molecule has 0 saturated carbocycles. The molecule has 1 unspecified atom stereocenters. The van der Waals surface area contributed by atoms with E-state index in [9.17, 15) is 14.4 Å². The zero-order chi connectivity index (χ0) is 15.5. The molecule has 1 aliphatic rings. The van der Waals surface area contributed by atoms with Gasteiger partial charge in [-0.3, -0.25) is 4.79 Å². The normalized spacial score (nSPS) is 17.6. The highest BCUT2D eigenvalue weighted by atomic mass is 16.6. The van der Waals surface area contributed by atoms with Crippen LogP contribution in [0.15, 0.2) is 0 Å². The first kappa shape index (κ1) is 16.2. The molecule has 4 N–H and O–H groups in total. The standard InChI is InChI=1S/C12H22N4O4/c1-12(2,3)20-10(18)8(13)9(17)15-4-6-16(7-5-15)11(14)19/h8H,4-7,13H2,1-3H3,(H2,14,19). The summed E-state index contributed by atoms with van der Waals surface area (Å²) in [7, 11) is 0. The minimum atomic E-state index is -1.34. The minimum Gasteiger partial charge on any atom is -0.458 e. The maximum Gasteiger partial charge on any atom is 0.333 e. The van der Waals surface area contributed by atoms with Gasteiger partial charge in [-0.2, -0.15) is 0 Å². The number of nitrogens with zero attached hydrogens (tertiary/aromatic N) is 2. The molecule has 0 aliphatic carbocycles. The Kier molecular flexibility index (Phi) is 4.93. The SMILES string of the molecule is CC(C)(C)OC(=O)C(N)C(=O)N1CCN(C(N)=O)CC1. The van der Waals surface area contributed by atoms with E-state index < -0.39 is 29.6 Å². The Hall–Kier alpha value is -1.83. The lowest BCUT2D eigenvalue weighted by Gasteiger charge is -2.34. The van der Waals surface area contributed by atoms with E-state index in [0.717, 1.165) is 0 Å². The largest absolute Gasteiger partial charge is 0.458 e. The van der Waals surface area contributed by atoms with Crippen molar-refractivity contribution in [2.24, 2.45) is 11.5 Å². The van der Waals surface area contributed by atoms with Crippen LogP contribution < -0.4 is 11.5 Å². The maximum absolute atomic E-state index is 12.1. The van der Waals surface area contributed by atoms with Gasteiger partial charge in [-0.15, -0.1) is 0 Å². The third kappa shape index (κ3) is 4.37. The molecule has 8 heteroatoms. The van der Waals surface area contributed by atoms with E-state index in [0.29, 0.717) is 26.2 Å². The van der Waals surface area contributed by atoms with Gasteiger partial charge in [0.05, 0.1) is 0 Å². The van der Waals surface area contributed by atoms with Crippen LogP contribution in [0.3, 0.4) is 0 Å². The Morgan fingerprint density at radius 1 is 1.05 bits per heavy atom. The molecule has 0 aromatic heterocycles. The van der Waals surface area contributed by atoms with Gasteiger partial charge < -0.3 is 26.0 Å². The number of hydrogen-bond acceptors (Lipinski definition) is 5. The van der Waals surface area contributed by atoms with Crippen molar-refractivity contribution in [3.8, 4) is 0 Å². The van der Waals surface area contributed by atoms with Crippen molar-refractivity contribution >= 4 is 17.9 Å². The third-order valence-corrected chi connectivity index (χ3v) is 2.83. The second-order valence-corrected chi connectivity index (χ2v) is 5.66. The molecular weight excluding hydrogens is 264 g/mol. The fourth-order valence-corrected chi connectivity index (χ4v) is 1.81. The van der Waals surface area contributed by atoms with E-state index in [-0.39, 0.29) is 0 Å². The summed E-state index contributed by atoms with van der Waals surface area (Å²) in [6, 6.07) is -1.86. The topological polar surface area (TPSA) is 119 Å². The average molecular weight is 286 g/mol. The van der Waals surface area contributed by atoms with E-state index in [1.165, 1.54) is 9.80 Å². The quantitative estimate of drug-likeness (QED) is 0.492. The van der Waals surface area contributed by atoms with Gasteiger partial charge in [0.25, 0.3) is 5.91 Å². The van der Waals surface area contributed by atoms with Gasteiger partial charge in [-0.1, -0.05) is 0 Å². The Labute approximate surface area is 118 Å². The highest BCUT2D eigenvalue weighted by molar-refractivity contribution is 6.01. The molecule has 20 heavy (non-hydrogen) atoms. The molecule has 1 fully saturated rings. The van der Waals surface area contributed by atoms with E-state index in [2.05, 4.69) is 0 Å². The van der Waals surface area contributed by atoms with Gasteiger partial charge in [-0.25, -0.2) is 9.59 Å². The predicted octanol–water partition coefficient (Wildman–Crippen LogP) is -1.12. The summed E-state index contributed by atoms with van der Waals surface area (Å²) in [5.41, 5.74) is 10.1. The fourth-order valence-electron chi connectivity index (χ4n) is 1.81. The van der Waals surface area contributed by atoms with Crippen LogP contribution in [0.4, 0.5) is 4.79 Å². The Bertz CT molecular complexity index is 397. The van der Waals surface area contributed by atoms with Gasteiger partial charge in [0.1, 0.15) is 5.60 Å². The summed E-state index contributed by atoms with van der Waals surface area (Å²) in [4.78, 5) is 37.7. The predicted molar refractivity (Wildman–Crippen MR) is 71.6 cm³/mol. The van der Waals surface area contributed by atoms with Gasteiger partial charge in [-0.05, 0) is 20.8 Å². The number of amides is 3. The molecule has 3 amide bonds. The first-order valence-corrected chi connectivity index (χ1v) is 6.43. The number of hydrogen-bond donors (Lipinski definition) is 2. The van der Waals surface area contributed by atoms with Crippen molar-refractivity contribution < 1.29 is 19.1 Å². The van der Waals surface area contributed by atoms with Crippen LogP contribution in [-0.2, 0) is 14.3 Å².